The molecule has 0 saturated heterocycles. The quantitative estimate of drug-likeness (QED) is 0.643. The Hall–Kier alpha value is -2.77. The number of ether oxygens (including phenoxy) is 2. The van der Waals surface area contributed by atoms with Crippen molar-refractivity contribution in [1.82, 2.24) is 10.6 Å². The minimum Gasteiger partial charge on any atom is -0.484 e. The van der Waals surface area contributed by atoms with Crippen LogP contribution in [0.1, 0.15) is 56.8 Å². The monoisotopic (exact) mass is 405 g/mol. The Morgan fingerprint density at radius 2 is 1.76 bits per heavy atom. The summed E-state index contributed by atoms with van der Waals surface area (Å²) in [6.07, 6.45) is 3.46. The third-order valence-electron chi connectivity index (χ3n) is 4.63. The van der Waals surface area contributed by atoms with E-state index in [1.165, 1.54) is 0 Å². The highest BCUT2D eigenvalue weighted by atomic mass is 16.6. The van der Waals surface area contributed by atoms with Gasteiger partial charge in [-0.05, 0) is 63.8 Å². The van der Waals surface area contributed by atoms with E-state index < -0.39 is 17.6 Å². The first-order valence-electron chi connectivity index (χ1n) is 9.93. The van der Waals surface area contributed by atoms with Crippen LogP contribution in [-0.2, 0) is 9.53 Å². The van der Waals surface area contributed by atoms with Gasteiger partial charge in [0.25, 0.3) is 11.8 Å². The molecule has 1 aromatic rings. The van der Waals surface area contributed by atoms with Gasteiger partial charge >= 0.3 is 6.09 Å². The lowest BCUT2D eigenvalue weighted by Gasteiger charge is -2.32. The maximum Gasteiger partial charge on any atom is 0.407 e. The molecule has 0 spiro atoms. The zero-order valence-electron chi connectivity index (χ0n) is 17.3. The van der Waals surface area contributed by atoms with Gasteiger partial charge in [-0.3, -0.25) is 9.59 Å². The molecule has 2 rings (SSSR count). The Labute approximate surface area is 171 Å². The molecule has 1 fully saturated rings. The lowest BCUT2D eigenvalue weighted by molar-refractivity contribution is -0.119. The van der Waals surface area contributed by atoms with Crippen LogP contribution in [-0.4, -0.2) is 42.7 Å². The van der Waals surface area contributed by atoms with Gasteiger partial charge < -0.3 is 25.8 Å². The summed E-state index contributed by atoms with van der Waals surface area (Å²) in [7, 11) is 0. The zero-order valence-corrected chi connectivity index (χ0v) is 17.3. The Kier molecular flexibility index (Phi) is 7.87. The van der Waals surface area contributed by atoms with E-state index in [0.29, 0.717) is 17.9 Å². The van der Waals surface area contributed by atoms with Crippen LogP contribution in [0.3, 0.4) is 0 Å². The fraction of sp³-hybridized carbons (Fsp3) is 0.571. The van der Waals surface area contributed by atoms with E-state index in [0.717, 1.165) is 25.7 Å². The molecule has 8 nitrogen and oxygen atoms in total. The van der Waals surface area contributed by atoms with Crippen LogP contribution >= 0.6 is 0 Å². The normalized spacial score (nSPS) is 19.1. The van der Waals surface area contributed by atoms with E-state index in [9.17, 15) is 14.4 Å². The minimum atomic E-state index is -0.560. The molecule has 1 aromatic carbocycles. The molecule has 0 aromatic heterocycles. The first-order chi connectivity index (χ1) is 13.6. The molecule has 1 saturated carbocycles. The molecule has 3 amide bonds. The van der Waals surface area contributed by atoms with E-state index in [1.54, 1.807) is 24.3 Å². The molecule has 160 valence electrons. The number of nitrogens with one attached hydrogen (secondary N) is 2. The number of hydrogen-bond donors (Lipinski definition) is 3. The molecule has 0 heterocycles. The van der Waals surface area contributed by atoms with Gasteiger partial charge in [0.2, 0.25) is 0 Å². The van der Waals surface area contributed by atoms with Crippen LogP contribution in [0.4, 0.5) is 4.79 Å². The molecular formula is C21H31N3O5. The molecule has 0 aliphatic heterocycles. The van der Waals surface area contributed by atoms with Gasteiger partial charge in [0.1, 0.15) is 11.4 Å². The fourth-order valence-electron chi connectivity index (χ4n) is 3.28. The molecule has 4 N–H and O–H groups in total. The van der Waals surface area contributed by atoms with Crippen LogP contribution < -0.4 is 21.1 Å². The number of carbonyl (C=O) groups excluding carboxylic acids is 3. The SMILES string of the molecule is CC(C)(C)OC(=O)NC[C@H]1CCCC[C@H]1NC(=O)c1ccc(OCC(N)=O)cc1. The third kappa shape index (κ3) is 8.01. The van der Waals surface area contributed by atoms with Crippen molar-refractivity contribution in [3.63, 3.8) is 0 Å². The average molecular weight is 405 g/mol. The second-order valence-electron chi connectivity index (χ2n) is 8.29. The van der Waals surface area contributed by atoms with E-state index in [1.807, 2.05) is 20.8 Å². The van der Waals surface area contributed by atoms with Crippen LogP contribution in [0, 0.1) is 5.92 Å². The van der Waals surface area contributed by atoms with E-state index in [-0.39, 0.29) is 24.5 Å². The van der Waals surface area contributed by atoms with Gasteiger partial charge in [0.15, 0.2) is 6.61 Å². The Balaban J connectivity index is 1.89. The number of nitrogens with two attached hydrogens (primary N) is 1. The van der Waals surface area contributed by atoms with Crippen molar-refractivity contribution < 1.29 is 23.9 Å². The molecule has 8 heteroatoms. The highest BCUT2D eigenvalue weighted by Crippen LogP contribution is 2.24. The largest absolute Gasteiger partial charge is 0.484 e. The summed E-state index contributed by atoms with van der Waals surface area (Å²) in [4.78, 5) is 35.3. The first kappa shape index (κ1) is 22.5. The number of amides is 3. The molecule has 1 aliphatic carbocycles. The van der Waals surface area contributed by atoms with Crippen molar-refractivity contribution in [3.05, 3.63) is 29.8 Å². The maximum absolute atomic E-state index is 12.6. The Morgan fingerprint density at radius 3 is 2.38 bits per heavy atom. The number of hydrogen-bond acceptors (Lipinski definition) is 5. The second kappa shape index (κ2) is 10.1. The summed E-state index contributed by atoms with van der Waals surface area (Å²) in [5.74, 6) is -0.119. The number of alkyl carbamates (subject to hydrolysis) is 1. The lowest BCUT2D eigenvalue weighted by Crippen LogP contribution is -2.47. The van der Waals surface area contributed by atoms with Crippen molar-refractivity contribution in [2.75, 3.05) is 13.2 Å². The third-order valence-corrected chi connectivity index (χ3v) is 4.63. The maximum atomic E-state index is 12.6. The topological polar surface area (TPSA) is 120 Å². The van der Waals surface area contributed by atoms with Crippen LogP contribution in [0.5, 0.6) is 5.75 Å². The smallest absolute Gasteiger partial charge is 0.407 e. The zero-order chi connectivity index (χ0) is 21.4. The van der Waals surface area contributed by atoms with Crippen molar-refractivity contribution in [2.24, 2.45) is 11.7 Å². The van der Waals surface area contributed by atoms with Gasteiger partial charge in [0.05, 0.1) is 0 Å². The second-order valence-corrected chi connectivity index (χ2v) is 8.29. The molecular weight excluding hydrogens is 374 g/mol. The van der Waals surface area contributed by atoms with E-state index in [4.69, 9.17) is 15.2 Å². The van der Waals surface area contributed by atoms with Gasteiger partial charge in [-0.25, -0.2) is 4.79 Å². The highest BCUT2D eigenvalue weighted by Gasteiger charge is 2.28. The summed E-state index contributed by atoms with van der Waals surface area (Å²) < 4.78 is 10.5. The standard InChI is InChI=1S/C21H31N3O5/c1-21(2,3)29-20(27)23-12-15-6-4-5-7-17(15)24-19(26)14-8-10-16(11-9-14)28-13-18(22)25/h8-11,15,17H,4-7,12-13H2,1-3H3,(H2,22,25)(H,23,27)(H,24,26)/t15-,17-/m1/s1. The molecule has 29 heavy (non-hydrogen) atoms. The lowest BCUT2D eigenvalue weighted by atomic mass is 9.84. The van der Waals surface area contributed by atoms with Crippen molar-refractivity contribution in [2.45, 2.75) is 58.1 Å². The van der Waals surface area contributed by atoms with Gasteiger partial charge in [-0.2, -0.15) is 0 Å². The summed E-state index contributed by atoms with van der Waals surface area (Å²) in [6, 6.07) is 6.52. The van der Waals surface area contributed by atoms with Crippen molar-refractivity contribution >= 4 is 17.9 Å². The molecule has 1 aliphatic rings. The number of primary amides is 1. The van der Waals surface area contributed by atoms with Gasteiger partial charge in [-0.1, -0.05) is 12.8 Å². The van der Waals surface area contributed by atoms with E-state index >= 15 is 0 Å². The summed E-state index contributed by atoms with van der Waals surface area (Å²) >= 11 is 0. The predicted octanol–water partition coefficient (Wildman–Crippen LogP) is 2.36. The predicted molar refractivity (Wildman–Crippen MR) is 109 cm³/mol. The minimum absolute atomic E-state index is 0.0167. The Morgan fingerprint density at radius 1 is 1.10 bits per heavy atom. The van der Waals surface area contributed by atoms with Crippen LogP contribution in [0.25, 0.3) is 0 Å². The number of rotatable bonds is 7. The molecule has 0 radical (unpaired) electrons. The Bertz CT molecular complexity index is 712. The van der Waals surface area contributed by atoms with Gasteiger partial charge in [0, 0.05) is 18.2 Å². The van der Waals surface area contributed by atoms with Crippen LogP contribution in [0.15, 0.2) is 24.3 Å². The van der Waals surface area contributed by atoms with Crippen LogP contribution in [0.2, 0.25) is 0 Å². The highest BCUT2D eigenvalue weighted by molar-refractivity contribution is 5.94. The number of carbonyl (C=O) groups is 3. The molecule has 0 bridgehead atoms. The van der Waals surface area contributed by atoms with Crippen molar-refractivity contribution in [3.8, 4) is 5.75 Å². The average Bonchev–Trinajstić information content (AvgIpc) is 2.64. The first-order valence-corrected chi connectivity index (χ1v) is 9.93. The number of benzene rings is 1. The van der Waals surface area contributed by atoms with Gasteiger partial charge in [-0.15, -0.1) is 0 Å². The van der Waals surface area contributed by atoms with E-state index in [2.05, 4.69) is 10.6 Å². The molecule has 0 unspecified atom stereocenters. The summed E-state index contributed by atoms with van der Waals surface area (Å²) in [5, 5.41) is 5.90. The van der Waals surface area contributed by atoms with Crippen molar-refractivity contribution in [1.29, 1.82) is 0 Å². The summed E-state index contributed by atoms with van der Waals surface area (Å²) in [6.45, 7) is 5.71. The summed E-state index contributed by atoms with van der Waals surface area (Å²) in [5.41, 5.74) is 5.00. The fourth-order valence-corrected chi connectivity index (χ4v) is 3.28. The molecule has 2 atom stereocenters.